The molecule has 0 spiro atoms. The van der Waals surface area contributed by atoms with Crippen molar-refractivity contribution in [2.75, 3.05) is 13.1 Å². The number of aryl methyl sites for hydroxylation is 1. The molecule has 0 radical (unpaired) electrons. The van der Waals surface area contributed by atoms with E-state index in [-0.39, 0.29) is 5.91 Å². The van der Waals surface area contributed by atoms with Crippen LogP contribution in [0.3, 0.4) is 0 Å². The summed E-state index contributed by atoms with van der Waals surface area (Å²) in [6.45, 7) is 5.22. The number of likely N-dealkylation sites (tertiary alicyclic amines) is 1. The van der Waals surface area contributed by atoms with Crippen molar-refractivity contribution in [3.63, 3.8) is 0 Å². The van der Waals surface area contributed by atoms with Gasteiger partial charge < -0.3 is 9.47 Å². The summed E-state index contributed by atoms with van der Waals surface area (Å²) in [7, 11) is 2.03. The standard InChI is InChI=1S/C13H19N3O/c1-3-13(17)16-7-4-11(5-8-16)10-12-14-6-9-15(12)2/h3,6,9,11H,1,4-5,7-8,10H2,2H3. The molecule has 1 saturated heterocycles. The summed E-state index contributed by atoms with van der Waals surface area (Å²) < 4.78 is 2.07. The summed E-state index contributed by atoms with van der Waals surface area (Å²) in [5.74, 6) is 1.84. The molecule has 0 N–H and O–H groups in total. The molecule has 1 fully saturated rings. The largest absolute Gasteiger partial charge is 0.339 e. The fraction of sp³-hybridized carbons (Fsp3) is 0.538. The molecule has 1 aromatic rings. The molecule has 0 saturated carbocycles. The van der Waals surface area contributed by atoms with Crippen molar-refractivity contribution in [3.05, 3.63) is 30.9 Å². The van der Waals surface area contributed by atoms with E-state index in [4.69, 9.17) is 0 Å². The highest BCUT2D eigenvalue weighted by Crippen LogP contribution is 2.20. The summed E-state index contributed by atoms with van der Waals surface area (Å²) in [4.78, 5) is 17.7. The van der Waals surface area contributed by atoms with E-state index in [1.165, 1.54) is 6.08 Å². The van der Waals surface area contributed by atoms with Gasteiger partial charge in [0.25, 0.3) is 0 Å². The monoisotopic (exact) mass is 233 g/mol. The normalized spacial score (nSPS) is 17.1. The number of rotatable bonds is 3. The van der Waals surface area contributed by atoms with Crippen LogP contribution in [0.1, 0.15) is 18.7 Å². The molecule has 0 bridgehead atoms. The summed E-state index contributed by atoms with van der Waals surface area (Å²) in [6, 6.07) is 0. The number of hydrogen-bond acceptors (Lipinski definition) is 2. The molecule has 2 rings (SSSR count). The highest BCUT2D eigenvalue weighted by molar-refractivity contribution is 5.87. The summed E-state index contributed by atoms with van der Waals surface area (Å²) in [6.07, 6.45) is 8.36. The van der Waals surface area contributed by atoms with Crippen LogP contribution in [0.25, 0.3) is 0 Å². The van der Waals surface area contributed by atoms with Gasteiger partial charge in [0.2, 0.25) is 5.91 Å². The van der Waals surface area contributed by atoms with Crippen molar-refractivity contribution in [1.29, 1.82) is 0 Å². The van der Waals surface area contributed by atoms with Crippen LogP contribution in [0, 0.1) is 5.92 Å². The van der Waals surface area contributed by atoms with Crippen LogP contribution >= 0.6 is 0 Å². The molecule has 0 aromatic carbocycles. The van der Waals surface area contributed by atoms with Crippen molar-refractivity contribution >= 4 is 5.91 Å². The van der Waals surface area contributed by atoms with Crippen LogP contribution in [-0.2, 0) is 18.3 Å². The first-order valence-electron chi connectivity index (χ1n) is 6.08. The molecular formula is C13H19N3O. The maximum atomic E-state index is 11.4. The molecule has 4 heteroatoms. The van der Waals surface area contributed by atoms with E-state index in [0.717, 1.165) is 38.2 Å². The molecule has 1 amide bonds. The summed E-state index contributed by atoms with van der Waals surface area (Å²) in [5, 5.41) is 0. The molecular weight excluding hydrogens is 214 g/mol. The van der Waals surface area contributed by atoms with E-state index in [0.29, 0.717) is 5.92 Å². The van der Waals surface area contributed by atoms with E-state index in [9.17, 15) is 4.79 Å². The van der Waals surface area contributed by atoms with Crippen LogP contribution in [0.15, 0.2) is 25.0 Å². The van der Waals surface area contributed by atoms with E-state index in [2.05, 4.69) is 16.1 Å². The molecule has 92 valence electrons. The van der Waals surface area contributed by atoms with Gasteiger partial charge in [-0.3, -0.25) is 4.79 Å². The van der Waals surface area contributed by atoms with Crippen molar-refractivity contribution in [3.8, 4) is 0 Å². The molecule has 0 aliphatic carbocycles. The van der Waals surface area contributed by atoms with Gasteiger partial charge >= 0.3 is 0 Å². The topological polar surface area (TPSA) is 38.1 Å². The lowest BCUT2D eigenvalue weighted by molar-refractivity contribution is -0.127. The number of imidazole rings is 1. The number of nitrogens with zero attached hydrogens (tertiary/aromatic N) is 3. The molecule has 0 unspecified atom stereocenters. The lowest BCUT2D eigenvalue weighted by Crippen LogP contribution is -2.38. The van der Waals surface area contributed by atoms with Crippen molar-refractivity contribution in [1.82, 2.24) is 14.5 Å². The number of hydrogen-bond donors (Lipinski definition) is 0. The molecule has 1 aliphatic rings. The maximum absolute atomic E-state index is 11.4. The Morgan fingerprint density at radius 2 is 2.29 bits per heavy atom. The van der Waals surface area contributed by atoms with Crippen LogP contribution in [0.4, 0.5) is 0 Å². The highest BCUT2D eigenvalue weighted by atomic mass is 16.2. The number of carbonyl (C=O) groups excluding carboxylic acids is 1. The maximum Gasteiger partial charge on any atom is 0.245 e. The van der Waals surface area contributed by atoms with Gasteiger partial charge in [-0.25, -0.2) is 4.98 Å². The average molecular weight is 233 g/mol. The summed E-state index contributed by atoms with van der Waals surface area (Å²) in [5.41, 5.74) is 0. The Labute approximate surface area is 102 Å². The number of carbonyl (C=O) groups is 1. The zero-order valence-electron chi connectivity index (χ0n) is 10.3. The fourth-order valence-electron chi connectivity index (χ4n) is 2.34. The Morgan fingerprint density at radius 1 is 1.59 bits per heavy atom. The van der Waals surface area contributed by atoms with Gasteiger partial charge in [0, 0.05) is 39.0 Å². The van der Waals surface area contributed by atoms with Gasteiger partial charge in [-0.05, 0) is 24.8 Å². The van der Waals surface area contributed by atoms with Gasteiger partial charge in [-0.15, -0.1) is 0 Å². The molecule has 2 heterocycles. The minimum Gasteiger partial charge on any atom is -0.339 e. The Bertz CT molecular complexity index is 403. The van der Waals surface area contributed by atoms with E-state index >= 15 is 0 Å². The first-order chi connectivity index (χ1) is 8.20. The Hall–Kier alpha value is -1.58. The molecule has 0 atom stereocenters. The van der Waals surface area contributed by atoms with Gasteiger partial charge in [-0.2, -0.15) is 0 Å². The lowest BCUT2D eigenvalue weighted by Gasteiger charge is -2.31. The summed E-state index contributed by atoms with van der Waals surface area (Å²) >= 11 is 0. The van der Waals surface area contributed by atoms with Gasteiger partial charge in [-0.1, -0.05) is 6.58 Å². The predicted octanol–water partition coefficient (Wildman–Crippen LogP) is 1.39. The van der Waals surface area contributed by atoms with Crippen LogP contribution in [0.2, 0.25) is 0 Å². The predicted molar refractivity (Wildman–Crippen MR) is 66.4 cm³/mol. The van der Waals surface area contributed by atoms with Crippen LogP contribution in [-0.4, -0.2) is 33.4 Å². The first-order valence-corrected chi connectivity index (χ1v) is 6.08. The second kappa shape index (κ2) is 5.17. The number of aromatic nitrogens is 2. The fourth-order valence-corrected chi connectivity index (χ4v) is 2.34. The minimum absolute atomic E-state index is 0.0560. The molecule has 1 aromatic heterocycles. The quantitative estimate of drug-likeness (QED) is 0.740. The van der Waals surface area contributed by atoms with Crippen LogP contribution in [0.5, 0.6) is 0 Å². The van der Waals surface area contributed by atoms with Gasteiger partial charge in [0.1, 0.15) is 5.82 Å². The zero-order valence-corrected chi connectivity index (χ0v) is 10.3. The second-order valence-corrected chi connectivity index (χ2v) is 4.63. The molecule has 17 heavy (non-hydrogen) atoms. The first kappa shape index (κ1) is 11.9. The number of amides is 1. The van der Waals surface area contributed by atoms with Crippen molar-refractivity contribution in [2.45, 2.75) is 19.3 Å². The molecule has 4 nitrogen and oxygen atoms in total. The van der Waals surface area contributed by atoms with Crippen LogP contribution < -0.4 is 0 Å². The van der Waals surface area contributed by atoms with Gasteiger partial charge in [0.15, 0.2) is 0 Å². The smallest absolute Gasteiger partial charge is 0.245 e. The lowest BCUT2D eigenvalue weighted by atomic mass is 9.93. The highest BCUT2D eigenvalue weighted by Gasteiger charge is 2.22. The SMILES string of the molecule is C=CC(=O)N1CCC(Cc2nccn2C)CC1. The zero-order chi connectivity index (χ0) is 12.3. The Morgan fingerprint density at radius 3 is 2.82 bits per heavy atom. The third kappa shape index (κ3) is 2.75. The van der Waals surface area contributed by atoms with Crippen molar-refractivity contribution < 1.29 is 4.79 Å². The third-order valence-electron chi connectivity index (χ3n) is 3.49. The Balaban J connectivity index is 1.85. The average Bonchev–Trinajstić information content (AvgIpc) is 2.75. The molecule has 1 aliphatic heterocycles. The van der Waals surface area contributed by atoms with Crippen molar-refractivity contribution in [2.24, 2.45) is 13.0 Å². The van der Waals surface area contributed by atoms with Gasteiger partial charge in [0.05, 0.1) is 0 Å². The Kier molecular flexibility index (Phi) is 3.61. The minimum atomic E-state index is 0.0560. The second-order valence-electron chi connectivity index (χ2n) is 4.63. The third-order valence-corrected chi connectivity index (χ3v) is 3.49. The number of piperidine rings is 1. The van der Waals surface area contributed by atoms with E-state index < -0.39 is 0 Å². The van der Waals surface area contributed by atoms with E-state index in [1.54, 1.807) is 0 Å². The van der Waals surface area contributed by atoms with E-state index in [1.807, 2.05) is 24.3 Å².